The van der Waals surface area contributed by atoms with Gasteiger partial charge in [-0.2, -0.15) is 0 Å². The van der Waals surface area contributed by atoms with Gasteiger partial charge in [0.05, 0.1) is 6.10 Å². The Morgan fingerprint density at radius 1 is 1.23 bits per heavy atom. The summed E-state index contributed by atoms with van der Waals surface area (Å²) in [6, 6.07) is 9.42. The summed E-state index contributed by atoms with van der Waals surface area (Å²) < 4.78 is 0. The molecule has 0 amide bonds. The molecule has 2 heteroatoms. The third-order valence-corrected chi connectivity index (χ3v) is 2.14. The lowest BCUT2D eigenvalue weighted by atomic mass is 10.1. The summed E-state index contributed by atoms with van der Waals surface area (Å²) in [5.74, 6) is 0.0266. The first-order valence-corrected chi connectivity index (χ1v) is 4.26. The van der Waals surface area contributed by atoms with E-state index in [-0.39, 0.29) is 12.2 Å². The van der Waals surface area contributed by atoms with Crippen LogP contribution in [0.25, 0.3) is 5.57 Å². The van der Waals surface area contributed by atoms with E-state index in [0.29, 0.717) is 5.57 Å². The van der Waals surface area contributed by atoms with Crippen molar-refractivity contribution in [3.8, 4) is 0 Å². The Labute approximate surface area is 76.5 Å². The summed E-state index contributed by atoms with van der Waals surface area (Å²) in [7, 11) is 0. The SMILES string of the molecule is O=C1CC(O)C=C1c1ccccc1. The predicted octanol–water partition coefficient (Wildman–Crippen LogP) is 1.40. The molecule has 1 aromatic rings. The molecule has 1 aliphatic rings. The van der Waals surface area contributed by atoms with Gasteiger partial charge in [0.15, 0.2) is 5.78 Å². The van der Waals surface area contributed by atoms with Crippen LogP contribution in [0.4, 0.5) is 0 Å². The third kappa shape index (κ3) is 1.53. The summed E-state index contributed by atoms with van der Waals surface area (Å²) in [6.07, 6.45) is 1.25. The van der Waals surface area contributed by atoms with Crippen LogP contribution < -0.4 is 0 Å². The molecule has 1 aromatic carbocycles. The van der Waals surface area contributed by atoms with Gasteiger partial charge in [0.1, 0.15) is 0 Å². The van der Waals surface area contributed by atoms with Crippen LogP contribution in [0.5, 0.6) is 0 Å². The Hall–Kier alpha value is -1.41. The number of hydrogen-bond acceptors (Lipinski definition) is 2. The molecule has 13 heavy (non-hydrogen) atoms. The Morgan fingerprint density at radius 2 is 1.92 bits per heavy atom. The lowest BCUT2D eigenvalue weighted by molar-refractivity contribution is -0.114. The molecule has 2 nitrogen and oxygen atoms in total. The van der Waals surface area contributed by atoms with Crippen LogP contribution >= 0.6 is 0 Å². The normalized spacial score (nSPS) is 21.8. The Balaban J connectivity index is 2.37. The number of carbonyl (C=O) groups is 1. The van der Waals surface area contributed by atoms with Gasteiger partial charge in [0.2, 0.25) is 0 Å². The van der Waals surface area contributed by atoms with Gasteiger partial charge in [0.25, 0.3) is 0 Å². The number of Topliss-reactive ketones (excluding diaryl/α,β-unsaturated/α-hetero) is 1. The molecular weight excluding hydrogens is 164 g/mol. The highest BCUT2D eigenvalue weighted by atomic mass is 16.3. The van der Waals surface area contributed by atoms with Gasteiger partial charge in [-0.15, -0.1) is 0 Å². The van der Waals surface area contributed by atoms with Crippen molar-refractivity contribution in [3.63, 3.8) is 0 Å². The minimum Gasteiger partial charge on any atom is -0.389 e. The zero-order valence-electron chi connectivity index (χ0n) is 7.10. The number of allylic oxidation sites excluding steroid dienone is 1. The smallest absolute Gasteiger partial charge is 0.166 e. The molecule has 1 atom stereocenters. The van der Waals surface area contributed by atoms with E-state index in [0.717, 1.165) is 5.56 Å². The van der Waals surface area contributed by atoms with Gasteiger partial charge in [-0.3, -0.25) is 4.79 Å². The monoisotopic (exact) mass is 174 g/mol. The standard InChI is InChI=1S/C11H10O2/c12-9-6-10(11(13)7-9)8-4-2-1-3-5-8/h1-6,9,12H,7H2. The molecule has 0 aliphatic heterocycles. The molecule has 0 bridgehead atoms. The summed E-state index contributed by atoms with van der Waals surface area (Å²) in [6.45, 7) is 0. The second-order valence-electron chi connectivity index (χ2n) is 3.14. The minimum absolute atomic E-state index is 0.0266. The quantitative estimate of drug-likeness (QED) is 0.698. The minimum atomic E-state index is -0.595. The maximum Gasteiger partial charge on any atom is 0.166 e. The molecule has 1 unspecified atom stereocenters. The molecule has 0 radical (unpaired) electrons. The number of benzene rings is 1. The van der Waals surface area contributed by atoms with Gasteiger partial charge in [-0.05, 0) is 11.6 Å². The second kappa shape index (κ2) is 3.15. The van der Waals surface area contributed by atoms with Gasteiger partial charge < -0.3 is 5.11 Å². The molecule has 0 heterocycles. The molecule has 66 valence electrons. The molecule has 0 saturated heterocycles. The highest BCUT2D eigenvalue weighted by Gasteiger charge is 2.22. The molecule has 0 aromatic heterocycles. The zero-order valence-corrected chi connectivity index (χ0v) is 7.10. The van der Waals surface area contributed by atoms with Gasteiger partial charge in [-0.1, -0.05) is 30.3 Å². The fourth-order valence-electron chi connectivity index (χ4n) is 1.52. The summed E-state index contributed by atoms with van der Waals surface area (Å²) in [4.78, 5) is 11.4. The first kappa shape index (κ1) is 8.20. The molecule has 0 fully saturated rings. The van der Waals surface area contributed by atoms with Gasteiger partial charge in [0, 0.05) is 12.0 Å². The van der Waals surface area contributed by atoms with E-state index in [9.17, 15) is 9.90 Å². The van der Waals surface area contributed by atoms with Crippen LogP contribution in [0.15, 0.2) is 36.4 Å². The molecule has 1 N–H and O–H groups in total. The van der Waals surface area contributed by atoms with E-state index in [2.05, 4.69) is 0 Å². The molecule has 0 saturated carbocycles. The maximum absolute atomic E-state index is 11.4. The van der Waals surface area contributed by atoms with Crippen LogP contribution in [0.3, 0.4) is 0 Å². The van der Waals surface area contributed by atoms with Crippen LogP contribution in [0.1, 0.15) is 12.0 Å². The van der Waals surface area contributed by atoms with E-state index < -0.39 is 6.10 Å². The molecular formula is C11H10O2. The zero-order chi connectivity index (χ0) is 9.26. The number of aliphatic hydroxyl groups excluding tert-OH is 1. The number of rotatable bonds is 1. The first-order valence-electron chi connectivity index (χ1n) is 4.26. The van der Waals surface area contributed by atoms with E-state index in [1.165, 1.54) is 0 Å². The Morgan fingerprint density at radius 3 is 2.46 bits per heavy atom. The average Bonchev–Trinajstić information content (AvgIpc) is 2.47. The largest absolute Gasteiger partial charge is 0.389 e. The Bertz CT molecular complexity index is 352. The molecule has 2 rings (SSSR count). The Kier molecular flexibility index (Phi) is 1.99. The number of hydrogen-bond donors (Lipinski definition) is 1. The van der Waals surface area contributed by atoms with Gasteiger partial charge >= 0.3 is 0 Å². The van der Waals surface area contributed by atoms with Crippen LogP contribution in [0.2, 0.25) is 0 Å². The van der Waals surface area contributed by atoms with E-state index in [4.69, 9.17) is 0 Å². The lowest BCUT2D eigenvalue weighted by Gasteiger charge is -1.98. The number of ketones is 1. The van der Waals surface area contributed by atoms with Crippen LogP contribution in [0, 0.1) is 0 Å². The van der Waals surface area contributed by atoms with Crippen molar-refractivity contribution >= 4 is 11.4 Å². The van der Waals surface area contributed by atoms with Crippen molar-refractivity contribution in [3.05, 3.63) is 42.0 Å². The fourth-order valence-corrected chi connectivity index (χ4v) is 1.52. The summed E-state index contributed by atoms with van der Waals surface area (Å²) in [5, 5.41) is 9.23. The highest BCUT2D eigenvalue weighted by Crippen LogP contribution is 2.24. The topological polar surface area (TPSA) is 37.3 Å². The molecule has 1 aliphatic carbocycles. The van der Waals surface area contributed by atoms with Crippen LogP contribution in [-0.4, -0.2) is 17.0 Å². The van der Waals surface area contributed by atoms with Crippen molar-refractivity contribution in [2.24, 2.45) is 0 Å². The van der Waals surface area contributed by atoms with Crippen molar-refractivity contribution < 1.29 is 9.90 Å². The highest BCUT2D eigenvalue weighted by molar-refractivity contribution is 6.23. The number of aliphatic hydroxyl groups is 1. The van der Waals surface area contributed by atoms with Crippen molar-refractivity contribution in [1.82, 2.24) is 0 Å². The summed E-state index contributed by atoms with van der Waals surface area (Å²) >= 11 is 0. The van der Waals surface area contributed by atoms with E-state index in [1.54, 1.807) is 6.08 Å². The first-order chi connectivity index (χ1) is 6.27. The van der Waals surface area contributed by atoms with Crippen LogP contribution in [-0.2, 0) is 4.79 Å². The average molecular weight is 174 g/mol. The van der Waals surface area contributed by atoms with Crippen molar-refractivity contribution in [2.45, 2.75) is 12.5 Å². The maximum atomic E-state index is 11.4. The number of carbonyl (C=O) groups excluding carboxylic acids is 1. The summed E-state index contributed by atoms with van der Waals surface area (Å²) in [5.41, 5.74) is 1.54. The van der Waals surface area contributed by atoms with E-state index >= 15 is 0 Å². The van der Waals surface area contributed by atoms with Crippen molar-refractivity contribution in [1.29, 1.82) is 0 Å². The lowest BCUT2D eigenvalue weighted by Crippen LogP contribution is -2.00. The third-order valence-electron chi connectivity index (χ3n) is 2.14. The predicted molar refractivity (Wildman–Crippen MR) is 50.0 cm³/mol. The van der Waals surface area contributed by atoms with Gasteiger partial charge in [-0.25, -0.2) is 0 Å². The van der Waals surface area contributed by atoms with Crippen molar-refractivity contribution in [2.75, 3.05) is 0 Å². The molecule has 0 spiro atoms. The van der Waals surface area contributed by atoms with E-state index in [1.807, 2.05) is 30.3 Å². The fraction of sp³-hybridized carbons (Fsp3) is 0.182. The second-order valence-corrected chi connectivity index (χ2v) is 3.14.